The highest BCUT2D eigenvalue weighted by Gasteiger charge is 2.22. The molecular weight excluding hydrogens is 345 g/mol. The second-order valence-corrected chi connectivity index (χ2v) is 5.44. The molecule has 2 aliphatic rings. The van der Waals surface area contributed by atoms with Crippen molar-refractivity contribution < 1.29 is 4.79 Å². The third-order valence-corrected chi connectivity index (χ3v) is 4.01. The highest BCUT2D eigenvalue weighted by Crippen LogP contribution is 2.31. The Bertz CT molecular complexity index is 681. The molecule has 0 fully saturated rings. The van der Waals surface area contributed by atoms with Crippen LogP contribution in [0.15, 0.2) is 42.5 Å². The van der Waals surface area contributed by atoms with Gasteiger partial charge in [0.05, 0.1) is 12.1 Å². The van der Waals surface area contributed by atoms with Crippen molar-refractivity contribution in [2.24, 2.45) is 0 Å². The Hall–Kier alpha value is -1.75. The van der Waals surface area contributed by atoms with Crippen LogP contribution in [-0.4, -0.2) is 19.5 Å². The van der Waals surface area contributed by atoms with E-state index in [1.54, 1.807) is 0 Å². The van der Waals surface area contributed by atoms with Crippen molar-refractivity contribution in [3.63, 3.8) is 0 Å². The summed E-state index contributed by atoms with van der Waals surface area (Å²) in [7, 11) is 1.88. The summed E-state index contributed by atoms with van der Waals surface area (Å²) >= 11 is 0. The maximum Gasteiger partial charge on any atom is 0.228 e. The van der Waals surface area contributed by atoms with Gasteiger partial charge in [-0.3, -0.25) is 4.79 Å². The minimum absolute atomic E-state index is 0. The molecule has 1 aliphatic heterocycles. The molecule has 4 rings (SSSR count). The molecule has 130 valence electrons. The molecule has 1 amide bonds. The first-order valence-corrected chi connectivity index (χ1v) is 7.66. The van der Waals surface area contributed by atoms with Crippen molar-refractivity contribution in [3.05, 3.63) is 59.2 Å². The molecule has 0 aromatic heterocycles. The van der Waals surface area contributed by atoms with Gasteiger partial charge < -0.3 is 10.3 Å². The lowest BCUT2D eigenvalue weighted by atomic mass is 10.1. The van der Waals surface area contributed by atoms with Crippen LogP contribution < -0.4 is 15.8 Å². The van der Waals surface area contributed by atoms with Gasteiger partial charge in [-0.15, -0.1) is 24.8 Å². The molecule has 1 aliphatic carbocycles. The largest absolute Gasteiger partial charge is 0.325 e. The number of rotatable bonds is 3. The van der Waals surface area contributed by atoms with Crippen LogP contribution in [-0.2, 0) is 17.6 Å². The zero-order valence-electron chi connectivity index (χ0n) is 13.8. The SMILES string of the molecule is CCN(NC)c1cccc2c1CC(=O)N2.Cl.Cl.c1ccc2c(c1)C2. The summed E-state index contributed by atoms with van der Waals surface area (Å²) in [4.78, 5) is 11.3. The van der Waals surface area contributed by atoms with Gasteiger partial charge in [0.15, 0.2) is 0 Å². The van der Waals surface area contributed by atoms with Crippen LogP contribution in [0.3, 0.4) is 0 Å². The lowest BCUT2D eigenvalue weighted by Gasteiger charge is -2.23. The summed E-state index contributed by atoms with van der Waals surface area (Å²) in [5.74, 6) is 0.0737. The fraction of sp³-hybridized carbons (Fsp3) is 0.278. The Morgan fingerprint density at radius 1 is 1.04 bits per heavy atom. The second kappa shape index (κ2) is 8.92. The van der Waals surface area contributed by atoms with Crippen molar-refractivity contribution in [2.75, 3.05) is 23.9 Å². The average Bonchev–Trinajstić information content (AvgIpc) is 3.22. The van der Waals surface area contributed by atoms with E-state index in [2.05, 4.69) is 41.9 Å². The number of fused-ring (bicyclic) bond motifs is 2. The molecule has 2 aromatic rings. The minimum Gasteiger partial charge on any atom is -0.325 e. The third-order valence-electron chi connectivity index (χ3n) is 4.01. The van der Waals surface area contributed by atoms with E-state index in [9.17, 15) is 4.79 Å². The number of anilines is 2. The van der Waals surface area contributed by atoms with Crippen molar-refractivity contribution in [1.29, 1.82) is 0 Å². The molecule has 24 heavy (non-hydrogen) atoms. The fourth-order valence-electron chi connectivity index (χ4n) is 2.77. The summed E-state index contributed by atoms with van der Waals surface area (Å²) in [5.41, 5.74) is 9.26. The Labute approximate surface area is 155 Å². The predicted molar refractivity (Wildman–Crippen MR) is 105 cm³/mol. The van der Waals surface area contributed by atoms with Crippen molar-refractivity contribution in [2.45, 2.75) is 19.8 Å². The van der Waals surface area contributed by atoms with Gasteiger partial charge in [0.1, 0.15) is 0 Å². The molecule has 0 bridgehead atoms. The topological polar surface area (TPSA) is 44.4 Å². The molecule has 2 aromatic carbocycles. The number of carbonyl (C=O) groups is 1. The van der Waals surface area contributed by atoms with Gasteiger partial charge >= 0.3 is 0 Å². The van der Waals surface area contributed by atoms with E-state index in [1.165, 1.54) is 17.5 Å². The molecule has 4 nitrogen and oxygen atoms in total. The molecule has 2 N–H and O–H groups in total. The van der Waals surface area contributed by atoms with E-state index < -0.39 is 0 Å². The van der Waals surface area contributed by atoms with E-state index in [1.807, 2.05) is 30.3 Å². The third kappa shape index (κ3) is 4.41. The maximum atomic E-state index is 11.3. The van der Waals surface area contributed by atoms with Gasteiger partial charge in [-0.05, 0) is 36.6 Å². The second-order valence-electron chi connectivity index (χ2n) is 5.44. The number of hydrazine groups is 1. The summed E-state index contributed by atoms with van der Waals surface area (Å²) in [6, 6.07) is 14.5. The number of hydrogen-bond donors (Lipinski definition) is 2. The van der Waals surface area contributed by atoms with Crippen LogP contribution in [0.4, 0.5) is 11.4 Å². The molecule has 0 saturated heterocycles. The lowest BCUT2D eigenvalue weighted by Crippen LogP contribution is -2.35. The summed E-state index contributed by atoms with van der Waals surface area (Å²) in [5, 5.41) is 4.87. The highest BCUT2D eigenvalue weighted by atomic mass is 35.5. The van der Waals surface area contributed by atoms with Crippen LogP contribution in [0.25, 0.3) is 0 Å². The smallest absolute Gasteiger partial charge is 0.228 e. The summed E-state index contributed by atoms with van der Waals surface area (Å²) < 4.78 is 0. The Balaban J connectivity index is 0.000000270. The van der Waals surface area contributed by atoms with E-state index in [0.717, 1.165) is 23.5 Å². The Morgan fingerprint density at radius 3 is 2.25 bits per heavy atom. The Morgan fingerprint density at radius 2 is 1.71 bits per heavy atom. The predicted octanol–water partition coefficient (Wildman–Crippen LogP) is 3.58. The summed E-state index contributed by atoms with van der Waals surface area (Å²) in [6.45, 7) is 2.93. The molecule has 0 unspecified atom stereocenters. The molecule has 0 radical (unpaired) electrons. The van der Waals surface area contributed by atoms with Crippen LogP contribution >= 0.6 is 24.8 Å². The first kappa shape index (κ1) is 20.3. The number of benzene rings is 2. The number of carbonyl (C=O) groups excluding carboxylic acids is 1. The van der Waals surface area contributed by atoms with Gasteiger partial charge in [-0.2, -0.15) is 0 Å². The molecule has 1 heterocycles. The molecule has 0 atom stereocenters. The quantitative estimate of drug-likeness (QED) is 0.695. The van der Waals surface area contributed by atoms with E-state index in [-0.39, 0.29) is 30.7 Å². The van der Waals surface area contributed by atoms with Crippen molar-refractivity contribution >= 4 is 42.1 Å². The normalized spacial score (nSPS) is 12.3. The Kier molecular flexibility index (Phi) is 7.55. The monoisotopic (exact) mass is 367 g/mol. The average molecular weight is 368 g/mol. The lowest BCUT2D eigenvalue weighted by molar-refractivity contribution is -0.115. The van der Waals surface area contributed by atoms with Crippen LogP contribution in [0.5, 0.6) is 0 Å². The van der Waals surface area contributed by atoms with E-state index >= 15 is 0 Å². The number of nitrogens with one attached hydrogen (secondary N) is 2. The number of amides is 1. The van der Waals surface area contributed by atoms with Crippen molar-refractivity contribution in [3.8, 4) is 0 Å². The molecule has 0 saturated carbocycles. The first-order valence-electron chi connectivity index (χ1n) is 7.66. The van der Waals surface area contributed by atoms with Gasteiger partial charge in [0, 0.05) is 24.8 Å². The number of nitrogens with zero attached hydrogens (tertiary/aromatic N) is 1. The molecular formula is C18H23Cl2N3O. The van der Waals surface area contributed by atoms with Gasteiger partial charge in [0.2, 0.25) is 5.91 Å². The number of hydrogen-bond acceptors (Lipinski definition) is 3. The van der Waals surface area contributed by atoms with Gasteiger partial charge in [-0.1, -0.05) is 30.3 Å². The van der Waals surface area contributed by atoms with E-state index in [4.69, 9.17) is 0 Å². The highest BCUT2D eigenvalue weighted by molar-refractivity contribution is 6.01. The van der Waals surface area contributed by atoms with Crippen molar-refractivity contribution in [1.82, 2.24) is 5.43 Å². The van der Waals surface area contributed by atoms with Gasteiger partial charge in [-0.25, -0.2) is 5.43 Å². The zero-order chi connectivity index (χ0) is 15.5. The summed E-state index contributed by atoms with van der Waals surface area (Å²) in [6.07, 6.45) is 1.72. The standard InChI is InChI=1S/C11H15N3O.C7H6.2ClH/c1-3-14(12-2)10-6-4-5-9-8(10)7-11(15)13-9;1-2-4-7-5-6(7)3-1;;/h4-6,12H,3,7H2,1-2H3,(H,13,15);1-4H,5H2;2*1H. The van der Waals surface area contributed by atoms with Crippen LogP contribution in [0.2, 0.25) is 0 Å². The van der Waals surface area contributed by atoms with E-state index in [0.29, 0.717) is 6.42 Å². The minimum atomic E-state index is 0. The van der Waals surface area contributed by atoms with Gasteiger partial charge in [0.25, 0.3) is 0 Å². The van der Waals surface area contributed by atoms with Crippen LogP contribution in [0, 0.1) is 0 Å². The van der Waals surface area contributed by atoms with Crippen LogP contribution in [0.1, 0.15) is 23.6 Å². The molecule has 6 heteroatoms. The number of halogens is 2. The fourth-order valence-corrected chi connectivity index (χ4v) is 2.77. The maximum absolute atomic E-state index is 11.3. The zero-order valence-corrected chi connectivity index (χ0v) is 15.5. The first-order chi connectivity index (χ1) is 10.7. The molecule has 0 spiro atoms.